The van der Waals surface area contributed by atoms with E-state index in [2.05, 4.69) is 15.0 Å². The Kier molecular flexibility index (Phi) is 4.31. The predicted molar refractivity (Wildman–Crippen MR) is 72.1 cm³/mol. The summed E-state index contributed by atoms with van der Waals surface area (Å²) in [5.41, 5.74) is -0.657. The summed E-state index contributed by atoms with van der Waals surface area (Å²) in [5.74, 6) is -2.81. The van der Waals surface area contributed by atoms with Crippen LogP contribution in [0, 0.1) is 11.8 Å². The van der Waals surface area contributed by atoms with E-state index in [0.717, 1.165) is 12.4 Å². The minimum Gasteiger partial charge on any atom is -0.377 e. The third-order valence-electron chi connectivity index (χ3n) is 3.58. The lowest BCUT2D eigenvalue weighted by Gasteiger charge is -2.36. The first-order valence-electron chi connectivity index (χ1n) is 6.91. The zero-order chi connectivity index (χ0) is 17.3. The first-order valence-corrected chi connectivity index (χ1v) is 6.91. The fraction of sp³-hybridized carbons (Fsp3) is 0.357. The molecule has 1 atom stereocenters. The molecule has 1 unspecified atom stereocenters. The number of rotatable bonds is 2. The quantitative estimate of drug-likeness (QED) is 0.618. The molecule has 0 saturated carbocycles. The number of hydrogen-bond donors (Lipinski definition) is 0. The molecule has 10 heteroatoms. The topological polar surface area (TPSA) is 51.1 Å². The van der Waals surface area contributed by atoms with Crippen LogP contribution in [-0.4, -0.2) is 34.7 Å². The van der Waals surface area contributed by atoms with Crippen molar-refractivity contribution in [3.05, 3.63) is 47.7 Å². The van der Waals surface area contributed by atoms with Crippen molar-refractivity contribution in [2.45, 2.75) is 12.2 Å². The van der Waals surface area contributed by atoms with Crippen molar-refractivity contribution in [2.24, 2.45) is 0 Å². The number of aromatic nitrogens is 3. The summed E-state index contributed by atoms with van der Waals surface area (Å²) in [4.78, 5) is 12.0. The van der Waals surface area contributed by atoms with E-state index in [0.29, 0.717) is 6.20 Å². The third-order valence-corrected chi connectivity index (χ3v) is 3.58. The number of pyridine rings is 1. The average molecular weight is 346 g/mol. The molecule has 2 aromatic heterocycles. The van der Waals surface area contributed by atoms with Crippen LogP contribution in [0.3, 0.4) is 0 Å². The Balaban J connectivity index is 1.94. The SMILES string of the molecule is Fc1ncnc(N2CCOCC2c2ccc(C(F)(F)F)cn2)c1F. The predicted octanol–water partition coefficient (Wildman–Crippen LogP) is 2.75. The highest BCUT2D eigenvalue weighted by atomic mass is 19.4. The van der Waals surface area contributed by atoms with Crippen molar-refractivity contribution in [1.29, 1.82) is 0 Å². The number of anilines is 1. The van der Waals surface area contributed by atoms with Gasteiger partial charge in [0.15, 0.2) is 5.82 Å². The maximum atomic E-state index is 13.9. The van der Waals surface area contributed by atoms with Crippen molar-refractivity contribution in [3.63, 3.8) is 0 Å². The van der Waals surface area contributed by atoms with Crippen molar-refractivity contribution < 1.29 is 26.7 Å². The molecule has 1 saturated heterocycles. The van der Waals surface area contributed by atoms with E-state index in [1.54, 1.807) is 0 Å². The van der Waals surface area contributed by atoms with Gasteiger partial charge in [0.05, 0.1) is 30.5 Å². The van der Waals surface area contributed by atoms with Crippen LogP contribution in [0.25, 0.3) is 0 Å². The van der Waals surface area contributed by atoms with E-state index < -0.39 is 29.5 Å². The lowest BCUT2D eigenvalue weighted by molar-refractivity contribution is -0.137. The first-order chi connectivity index (χ1) is 11.4. The van der Waals surface area contributed by atoms with Crippen molar-refractivity contribution in [1.82, 2.24) is 15.0 Å². The Morgan fingerprint density at radius 2 is 1.92 bits per heavy atom. The molecule has 3 heterocycles. The molecule has 0 aliphatic carbocycles. The third kappa shape index (κ3) is 3.14. The molecule has 128 valence electrons. The van der Waals surface area contributed by atoms with Crippen molar-refractivity contribution in [3.8, 4) is 0 Å². The van der Waals surface area contributed by atoms with E-state index in [1.807, 2.05) is 0 Å². The molecule has 0 radical (unpaired) electrons. The lowest BCUT2D eigenvalue weighted by atomic mass is 10.1. The first kappa shape index (κ1) is 16.5. The largest absolute Gasteiger partial charge is 0.417 e. The summed E-state index contributed by atoms with van der Waals surface area (Å²) in [7, 11) is 0. The fourth-order valence-electron chi connectivity index (χ4n) is 2.41. The highest BCUT2D eigenvalue weighted by Crippen LogP contribution is 2.32. The van der Waals surface area contributed by atoms with E-state index in [-0.39, 0.29) is 31.3 Å². The molecule has 1 fully saturated rings. The van der Waals surface area contributed by atoms with Gasteiger partial charge >= 0.3 is 6.18 Å². The molecule has 0 spiro atoms. The molecule has 2 aromatic rings. The van der Waals surface area contributed by atoms with E-state index in [1.165, 1.54) is 11.0 Å². The minimum absolute atomic E-state index is 0.0590. The summed E-state index contributed by atoms with van der Waals surface area (Å²) in [6, 6.07) is 1.38. The van der Waals surface area contributed by atoms with E-state index >= 15 is 0 Å². The molecule has 0 amide bonds. The van der Waals surface area contributed by atoms with Crippen LogP contribution < -0.4 is 4.90 Å². The Morgan fingerprint density at radius 1 is 1.12 bits per heavy atom. The van der Waals surface area contributed by atoms with Crippen LogP contribution >= 0.6 is 0 Å². The van der Waals surface area contributed by atoms with Gasteiger partial charge in [-0.2, -0.15) is 22.0 Å². The second kappa shape index (κ2) is 6.27. The average Bonchev–Trinajstić information content (AvgIpc) is 2.57. The van der Waals surface area contributed by atoms with Crippen molar-refractivity contribution in [2.75, 3.05) is 24.7 Å². The Bertz CT molecular complexity index is 722. The van der Waals surface area contributed by atoms with Gasteiger partial charge < -0.3 is 9.64 Å². The van der Waals surface area contributed by atoms with Crippen LogP contribution in [0.1, 0.15) is 17.3 Å². The standard InChI is InChI=1S/C14H11F5N4O/c15-11-12(16)21-7-22-13(11)23-3-4-24-6-10(23)9-2-1-8(5-20-9)14(17,18)19/h1-2,5,7,10H,3-4,6H2. The van der Waals surface area contributed by atoms with Crippen LogP contribution in [0.15, 0.2) is 24.7 Å². The van der Waals surface area contributed by atoms with Crippen molar-refractivity contribution >= 4 is 5.82 Å². The number of hydrogen-bond acceptors (Lipinski definition) is 5. The summed E-state index contributed by atoms with van der Waals surface area (Å²) in [6.45, 7) is 0.479. The minimum atomic E-state index is -4.50. The molecule has 0 bridgehead atoms. The summed E-state index contributed by atoms with van der Waals surface area (Å²) >= 11 is 0. The Hall–Kier alpha value is -2.36. The van der Waals surface area contributed by atoms with E-state index in [4.69, 9.17) is 4.74 Å². The molecule has 3 rings (SSSR count). The van der Waals surface area contributed by atoms with Gasteiger partial charge in [-0.05, 0) is 12.1 Å². The molecule has 1 aliphatic rings. The van der Waals surface area contributed by atoms with Crippen LogP contribution in [0.4, 0.5) is 27.8 Å². The van der Waals surface area contributed by atoms with Gasteiger partial charge in [-0.15, -0.1) is 0 Å². The van der Waals surface area contributed by atoms with Gasteiger partial charge in [0.1, 0.15) is 6.33 Å². The number of morpholine rings is 1. The summed E-state index contributed by atoms with van der Waals surface area (Å²) in [6.07, 6.45) is -2.93. The number of nitrogens with zero attached hydrogens (tertiary/aromatic N) is 4. The highest BCUT2D eigenvalue weighted by molar-refractivity contribution is 5.42. The molecular formula is C14H11F5N4O. The summed E-state index contributed by atoms with van der Waals surface area (Å²) in [5, 5.41) is 0. The molecule has 5 nitrogen and oxygen atoms in total. The Labute approximate surface area is 133 Å². The Morgan fingerprint density at radius 3 is 2.58 bits per heavy atom. The maximum Gasteiger partial charge on any atom is 0.417 e. The zero-order valence-electron chi connectivity index (χ0n) is 12.1. The van der Waals surface area contributed by atoms with Crippen LogP contribution in [0.2, 0.25) is 0 Å². The van der Waals surface area contributed by atoms with Gasteiger partial charge in [0.25, 0.3) is 5.95 Å². The lowest BCUT2D eigenvalue weighted by Crippen LogP contribution is -2.41. The number of halogens is 5. The molecule has 1 aliphatic heterocycles. The zero-order valence-corrected chi connectivity index (χ0v) is 12.1. The number of alkyl halides is 3. The van der Waals surface area contributed by atoms with Crippen LogP contribution in [-0.2, 0) is 10.9 Å². The smallest absolute Gasteiger partial charge is 0.377 e. The highest BCUT2D eigenvalue weighted by Gasteiger charge is 2.33. The van der Waals surface area contributed by atoms with Gasteiger partial charge in [-0.25, -0.2) is 9.97 Å². The van der Waals surface area contributed by atoms with Gasteiger partial charge in [-0.3, -0.25) is 4.98 Å². The van der Waals surface area contributed by atoms with Gasteiger partial charge in [0.2, 0.25) is 5.82 Å². The van der Waals surface area contributed by atoms with Crippen LogP contribution in [0.5, 0.6) is 0 Å². The maximum absolute atomic E-state index is 13.9. The second-order valence-corrected chi connectivity index (χ2v) is 5.06. The summed E-state index contributed by atoms with van der Waals surface area (Å²) < 4.78 is 70.4. The van der Waals surface area contributed by atoms with E-state index in [9.17, 15) is 22.0 Å². The molecular weight excluding hydrogens is 335 g/mol. The number of ether oxygens (including phenoxy) is 1. The monoisotopic (exact) mass is 346 g/mol. The second-order valence-electron chi connectivity index (χ2n) is 5.06. The fourth-order valence-corrected chi connectivity index (χ4v) is 2.41. The normalized spacial score (nSPS) is 18.7. The molecule has 0 N–H and O–H groups in total. The molecule has 0 aromatic carbocycles. The molecule has 24 heavy (non-hydrogen) atoms. The van der Waals surface area contributed by atoms with Gasteiger partial charge in [0, 0.05) is 12.7 Å². The van der Waals surface area contributed by atoms with Gasteiger partial charge in [-0.1, -0.05) is 0 Å².